The number of piperidine rings is 1. The zero-order valence-electron chi connectivity index (χ0n) is 12.2. The number of carbonyl (C=O) groups is 2. The highest BCUT2D eigenvalue weighted by atomic mass is 16.5. The van der Waals surface area contributed by atoms with Crippen molar-refractivity contribution in [2.75, 3.05) is 13.2 Å². The SMILES string of the molecule is CCC1CCCCN1C(=O)COC(=O)c1cccn1C. The summed E-state index contributed by atoms with van der Waals surface area (Å²) in [4.78, 5) is 25.9. The number of amides is 1. The first-order chi connectivity index (χ1) is 9.63. The summed E-state index contributed by atoms with van der Waals surface area (Å²) < 4.78 is 6.81. The summed E-state index contributed by atoms with van der Waals surface area (Å²) in [5.41, 5.74) is 0.462. The van der Waals surface area contributed by atoms with Gasteiger partial charge in [-0.3, -0.25) is 4.79 Å². The van der Waals surface area contributed by atoms with E-state index < -0.39 is 5.97 Å². The average Bonchev–Trinajstić information content (AvgIpc) is 2.90. The number of nitrogens with zero attached hydrogens (tertiary/aromatic N) is 2. The molecule has 1 aromatic heterocycles. The lowest BCUT2D eigenvalue weighted by molar-refractivity contribution is -0.138. The van der Waals surface area contributed by atoms with E-state index in [1.165, 1.54) is 6.42 Å². The second-order valence-electron chi connectivity index (χ2n) is 5.23. The lowest BCUT2D eigenvalue weighted by Gasteiger charge is -2.35. The van der Waals surface area contributed by atoms with E-state index in [-0.39, 0.29) is 12.5 Å². The van der Waals surface area contributed by atoms with Gasteiger partial charge >= 0.3 is 5.97 Å². The fourth-order valence-corrected chi connectivity index (χ4v) is 2.71. The van der Waals surface area contributed by atoms with Crippen molar-refractivity contribution >= 4 is 11.9 Å². The van der Waals surface area contributed by atoms with Crippen molar-refractivity contribution in [3.05, 3.63) is 24.0 Å². The van der Waals surface area contributed by atoms with Gasteiger partial charge in [-0.05, 0) is 37.8 Å². The molecule has 2 heterocycles. The molecule has 1 fully saturated rings. The van der Waals surface area contributed by atoms with Crippen LogP contribution in [0.2, 0.25) is 0 Å². The lowest BCUT2D eigenvalue weighted by atomic mass is 10.00. The monoisotopic (exact) mass is 278 g/mol. The largest absolute Gasteiger partial charge is 0.451 e. The van der Waals surface area contributed by atoms with Crippen LogP contribution >= 0.6 is 0 Å². The molecule has 110 valence electrons. The Morgan fingerprint density at radius 3 is 2.85 bits per heavy atom. The number of hydrogen-bond donors (Lipinski definition) is 0. The Morgan fingerprint density at radius 2 is 2.20 bits per heavy atom. The van der Waals surface area contributed by atoms with Crippen molar-refractivity contribution in [2.24, 2.45) is 7.05 Å². The van der Waals surface area contributed by atoms with Crippen molar-refractivity contribution in [3.8, 4) is 0 Å². The van der Waals surface area contributed by atoms with Crippen molar-refractivity contribution in [1.82, 2.24) is 9.47 Å². The van der Waals surface area contributed by atoms with Crippen LogP contribution in [0.1, 0.15) is 43.1 Å². The third kappa shape index (κ3) is 3.21. The van der Waals surface area contributed by atoms with Crippen molar-refractivity contribution in [3.63, 3.8) is 0 Å². The molecule has 0 N–H and O–H groups in total. The maximum Gasteiger partial charge on any atom is 0.355 e. The molecular weight excluding hydrogens is 256 g/mol. The van der Waals surface area contributed by atoms with Crippen LogP contribution in [0.5, 0.6) is 0 Å². The molecule has 0 spiro atoms. The molecule has 0 saturated carbocycles. The Morgan fingerprint density at radius 1 is 1.40 bits per heavy atom. The third-order valence-electron chi connectivity index (χ3n) is 3.90. The number of aryl methyl sites for hydroxylation is 1. The number of hydrogen-bond acceptors (Lipinski definition) is 3. The molecule has 0 aliphatic carbocycles. The number of esters is 1. The topological polar surface area (TPSA) is 51.5 Å². The number of aromatic nitrogens is 1. The van der Waals surface area contributed by atoms with E-state index in [0.717, 1.165) is 25.8 Å². The number of rotatable bonds is 4. The van der Waals surface area contributed by atoms with Crippen LogP contribution in [0.3, 0.4) is 0 Å². The average molecular weight is 278 g/mol. The van der Waals surface area contributed by atoms with Crippen LogP contribution in [0.25, 0.3) is 0 Å². The summed E-state index contributed by atoms with van der Waals surface area (Å²) >= 11 is 0. The van der Waals surface area contributed by atoms with E-state index in [1.54, 1.807) is 29.9 Å². The molecular formula is C15H22N2O3. The smallest absolute Gasteiger partial charge is 0.355 e. The van der Waals surface area contributed by atoms with Crippen LogP contribution in [0.4, 0.5) is 0 Å². The summed E-state index contributed by atoms with van der Waals surface area (Å²) in [6, 6.07) is 3.75. The standard InChI is InChI=1S/C15H22N2O3/c1-3-12-7-4-5-10-17(12)14(18)11-20-15(19)13-8-6-9-16(13)2/h6,8-9,12H,3-5,7,10-11H2,1-2H3. The fraction of sp³-hybridized carbons (Fsp3) is 0.600. The van der Waals surface area contributed by atoms with Crippen LogP contribution in [-0.4, -0.2) is 40.5 Å². The maximum absolute atomic E-state index is 12.2. The van der Waals surface area contributed by atoms with Gasteiger partial charge in [0.2, 0.25) is 0 Å². The molecule has 5 nitrogen and oxygen atoms in total. The first-order valence-corrected chi connectivity index (χ1v) is 7.21. The van der Waals surface area contributed by atoms with Gasteiger partial charge in [0.15, 0.2) is 6.61 Å². The van der Waals surface area contributed by atoms with E-state index in [1.807, 2.05) is 4.90 Å². The quantitative estimate of drug-likeness (QED) is 0.791. The Hall–Kier alpha value is -1.78. The van der Waals surface area contributed by atoms with Gasteiger partial charge in [0.05, 0.1) is 0 Å². The number of ether oxygens (including phenoxy) is 1. The normalized spacial score (nSPS) is 18.9. The minimum Gasteiger partial charge on any atom is -0.451 e. The van der Waals surface area contributed by atoms with Gasteiger partial charge in [0.1, 0.15) is 5.69 Å². The Labute approximate surface area is 119 Å². The molecule has 1 saturated heterocycles. The maximum atomic E-state index is 12.2. The minimum absolute atomic E-state index is 0.0842. The molecule has 5 heteroatoms. The summed E-state index contributed by atoms with van der Waals surface area (Å²) in [7, 11) is 1.77. The first-order valence-electron chi connectivity index (χ1n) is 7.21. The van der Waals surface area contributed by atoms with Crippen LogP contribution in [0.15, 0.2) is 18.3 Å². The predicted molar refractivity (Wildman–Crippen MR) is 75.3 cm³/mol. The molecule has 2 rings (SSSR count). The van der Waals surface area contributed by atoms with E-state index in [4.69, 9.17) is 4.74 Å². The van der Waals surface area contributed by atoms with Gasteiger partial charge in [0, 0.05) is 25.8 Å². The zero-order valence-corrected chi connectivity index (χ0v) is 12.2. The van der Waals surface area contributed by atoms with E-state index in [0.29, 0.717) is 11.7 Å². The zero-order chi connectivity index (χ0) is 14.5. The van der Waals surface area contributed by atoms with Gasteiger partial charge in [-0.25, -0.2) is 4.79 Å². The number of likely N-dealkylation sites (tertiary alicyclic amines) is 1. The van der Waals surface area contributed by atoms with E-state index >= 15 is 0 Å². The minimum atomic E-state index is -0.448. The molecule has 0 bridgehead atoms. The van der Waals surface area contributed by atoms with Gasteiger partial charge < -0.3 is 14.2 Å². The Kier molecular flexibility index (Phi) is 4.82. The molecule has 1 amide bonds. The van der Waals surface area contributed by atoms with Crippen molar-refractivity contribution in [2.45, 2.75) is 38.6 Å². The van der Waals surface area contributed by atoms with Gasteiger partial charge in [-0.1, -0.05) is 6.92 Å². The lowest BCUT2D eigenvalue weighted by Crippen LogP contribution is -2.45. The van der Waals surface area contributed by atoms with Crippen LogP contribution in [0, 0.1) is 0 Å². The molecule has 0 aromatic carbocycles. The summed E-state index contributed by atoms with van der Waals surface area (Å²) in [6.07, 6.45) is 5.99. The molecule has 1 aromatic rings. The van der Waals surface area contributed by atoms with Gasteiger partial charge in [0.25, 0.3) is 5.91 Å². The summed E-state index contributed by atoms with van der Waals surface area (Å²) in [6.45, 7) is 2.70. The van der Waals surface area contributed by atoms with Crippen LogP contribution in [-0.2, 0) is 16.6 Å². The second kappa shape index (κ2) is 6.59. The fourth-order valence-electron chi connectivity index (χ4n) is 2.71. The third-order valence-corrected chi connectivity index (χ3v) is 3.90. The first kappa shape index (κ1) is 14.6. The van der Waals surface area contributed by atoms with Gasteiger partial charge in [-0.2, -0.15) is 0 Å². The Balaban J connectivity index is 1.88. The van der Waals surface area contributed by atoms with Crippen molar-refractivity contribution in [1.29, 1.82) is 0 Å². The molecule has 1 atom stereocenters. The van der Waals surface area contributed by atoms with Gasteiger partial charge in [-0.15, -0.1) is 0 Å². The van der Waals surface area contributed by atoms with Crippen LogP contribution < -0.4 is 0 Å². The highest BCUT2D eigenvalue weighted by molar-refractivity contribution is 5.90. The predicted octanol–water partition coefficient (Wildman–Crippen LogP) is 1.97. The highest BCUT2D eigenvalue weighted by Crippen LogP contribution is 2.19. The second-order valence-corrected chi connectivity index (χ2v) is 5.23. The van der Waals surface area contributed by atoms with Crippen molar-refractivity contribution < 1.29 is 14.3 Å². The van der Waals surface area contributed by atoms with E-state index in [2.05, 4.69) is 6.92 Å². The Bertz CT molecular complexity index is 481. The molecule has 1 aliphatic rings. The molecule has 1 aliphatic heterocycles. The van der Waals surface area contributed by atoms with E-state index in [9.17, 15) is 9.59 Å². The highest BCUT2D eigenvalue weighted by Gasteiger charge is 2.26. The summed E-state index contributed by atoms with van der Waals surface area (Å²) in [5, 5.41) is 0. The molecule has 1 unspecified atom stereocenters. The summed E-state index contributed by atoms with van der Waals surface area (Å²) in [5.74, 6) is -0.532. The molecule has 0 radical (unpaired) electrons. The number of carbonyl (C=O) groups excluding carboxylic acids is 2. The molecule has 20 heavy (non-hydrogen) atoms.